The number of rotatable bonds is 5. The molecule has 0 unspecified atom stereocenters. The van der Waals surface area contributed by atoms with Gasteiger partial charge in [0.2, 0.25) is 5.88 Å². The number of aromatic nitrogens is 2. The van der Waals surface area contributed by atoms with E-state index in [1.54, 1.807) is 31.6 Å². The maximum absolute atomic E-state index is 11.3. The van der Waals surface area contributed by atoms with Crippen molar-refractivity contribution in [2.24, 2.45) is 0 Å². The Bertz CT molecular complexity index is 762. The van der Waals surface area contributed by atoms with Gasteiger partial charge in [-0.2, -0.15) is 4.98 Å². The smallest absolute Gasteiger partial charge is 0.292 e. The Hall–Kier alpha value is -2.94. The number of nitro groups is 1. The Morgan fingerprint density at radius 2 is 1.96 bits per heavy atom. The highest BCUT2D eigenvalue weighted by atomic mass is 16.6. The Labute approximate surface area is 144 Å². The molecule has 3 rings (SSSR count). The van der Waals surface area contributed by atoms with Crippen molar-refractivity contribution >= 4 is 17.2 Å². The molecule has 2 aromatic rings. The molecule has 1 N–H and O–H groups in total. The van der Waals surface area contributed by atoms with Crippen molar-refractivity contribution in [2.75, 3.05) is 43.1 Å². The Balaban J connectivity index is 1.77. The van der Waals surface area contributed by atoms with Crippen molar-refractivity contribution in [1.82, 2.24) is 9.97 Å². The van der Waals surface area contributed by atoms with E-state index >= 15 is 0 Å². The number of anilines is 2. The van der Waals surface area contributed by atoms with Crippen LogP contribution >= 0.6 is 0 Å². The lowest BCUT2D eigenvalue weighted by molar-refractivity contribution is -0.384. The molecule has 0 radical (unpaired) electrons. The predicted octanol–water partition coefficient (Wildman–Crippen LogP) is 1.21. The second-order valence-electron chi connectivity index (χ2n) is 5.63. The summed E-state index contributed by atoms with van der Waals surface area (Å²) in [5.41, 5.74) is 1.24. The van der Waals surface area contributed by atoms with Crippen molar-refractivity contribution in [2.45, 2.75) is 6.61 Å². The first-order valence-corrected chi connectivity index (χ1v) is 7.86. The molecular formula is C16H19N5O4. The van der Waals surface area contributed by atoms with Crippen molar-refractivity contribution < 1.29 is 14.8 Å². The zero-order chi connectivity index (χ0) is 17.8. The summed E-state index contributed by atoms with van der Waals surface area (Å²) in [5, 5.41) is 20.6. The summed E-state index contributed by atoms with van der Waals surface area (Å²) in [6.07, 6.45) is 3.22. The number of methoxy groups -OCH3 is 1. The average Bonchev–Trinajstić information content (AvgIpc) is 2.67. The Morgan fingerprint density at radius 1 is 1.24 bits per heavy atom. The minimum absolute atomic E-state index is 0.0480. The number of aliphatic hydroxyl groups is 1. The summed E-state index contributed by atoms with van der Waals surface area (Å²) in [5.74, 6) is 1.17. The summed E-state index contributed by atoms with van der Waals surface area (Å²) in [6.45, 7) is 2.37. The topological polar surface area (TPSA) is 105 Å². The highest BCUT2D eigenvalue weighted by Crippen LogP contribution is 2.30. The van der Waals surface area contributed by atoms with Crippen LogP contribution in [0, 0.1) is 10.1 Å². The van der Waals surface area contributed by atoms with Gasteiger partial charge in [-0.25, -0.2) is 0 Å². The van der Waals surface area contributed by atoms with Gasteiger partial charge in [-0.1, -0.05) is 0 Å². The lowest BCUT2D eigenvalue weighted by Crippen LogP contribution is -2.47. The lowest BCUT2D eigenvalue weighted by Gasteiger charge is -2.36. The summed E-state index contributed by atoms with van der Waals surface area (Å²) in [6, 6.07) is 4.70. The fourth-order valence-corrected chi connectivity index (χ4v) is 2.84. The van der Waals surface area contributed by atoms with Crippen LogP contribution in [0.1, 0.15) is 5.56 Å². The van der Waals surface area contributed by atoms with Crippen LogP contribution in [0.3, 0.4) is 0 Å². The van der Waals surface area contributed by atoms with E-state index in [1.165, 1.54) is 6.07 Å². The zero-order valence-electron chi connectivity index (χ0n) is 13.8. The third-order valence-electron chi connectivity index (χ3n) is 4.17. The second-order valence-corrected chi connectivity index (χ2v) is 5.63. The van der Waals surface area contributed by atoms with Gasteiger partial charge in [-0.05, 0) is 17.7 Å². The molecule has 9 heteroatoms. The molecule has 132 valence electrons. The molecule has 0 aliphatic carbocycles. The second kappa shape index (κ2) is 7.31. The van der Waals surface area contributed by atoms with Crippen molar-refractivity contribution in [1.29, 1.82) is 0 Å². The van der Waals surface area contributed by atoms with Gasteiger partial charge in [0.25, 0.3) is 5.69 Å². The van der Waals surface area contributed by atoms with E-state index in [-0.39, 0.29) is 12.3 Å². The van der Waals surface area contributed by atoms with E-state index in [9.17, 15) is 15.2 Å². The number of nitrogens with zero attached hydrogens (tertiary/aromatic N) is 5. The fraction of sp³-hybridized carbons (Fsp3) is 0.375. The molecule has 0 bridgehead atoms. The number of hydrogen-bond donors (Lipinski definition) is 1. The Kier molecular flexibility index (Phi) is 4.94. The molecule has 2 heterocycles. The first kappa shape index (κ1) is 16.9. The largest absolute Gasteiger partial charge is 0.480 e. The maximum atomic E-state index is 11.3. The van der Waals surface area contributed by atoms with Crippen LogP contribution in [0.15, 0.2) is 30.6 Å². The third-order valence-corrected chi connectivity index (χ3v) is 4.17. The molecule has 9 nitrogen and oxygen atoms in total. The van der Waals surface area contributed by atoms with Gasteiger partial charge < -0.3 is 19.6 Å². The molecular weight excluding hydrogens is 326 g/mol. The van der Waals surface area contributed by atoms with Crippen LogP contribution in [0.2, 0.25) is 0 Å². The van der Waals surface area contributed by atoms with E-state index in [0.29, 0.717) is 43.3 Å². The van der Waals surface area contributed by atoms with E-state index in [4.69, 9.17) is 4.74 Å². The Morgan fingerprint density at radius 3 is 2.60 bits per heavy atom. The number of nitro benzene ring substituents is 1. The van der Waals surface area contributed by atoms with Gasteiger partial charge in [0, 0.05) is 32.2 Å². The standard InChI is InChI=1S/C16H19N5O4/c1-25-16-10-17-9-15(18-16)20-6-4-19(5-7-20)14-8-12(11-22)2-3-13(14)21(23)24/h2-3,8-10,22H,4-7,11H2,1H3. The summed E-state index contributed by atoms with van der Waals surface area (Å²) in [4.78, 5) is 23.4. The maximum Gasteiger partial charge on any atom is 0.292 e. The van der Waals surface area contributed by atoms with Crippen LogP contribution in [-0.2, 0) is 6.61 Å². The van der Waals surface area contributed by atoms with E-state index in [0.717, 1.165) is 5.82 Å². The first-order chi connectivity index (χ1) is 12.1. The minimum Gasteiger partial charge on any atom is -0.480 e. The SMILES string of the molecule is COc1cncc(N2CCN(c3cc(CO)ccc3[N+](=O)[O-])CC2)n1. The molecule has 1 saturated heterocycles. The molecule has 0 saturated carbocycles. The minimum atomic E-state index is -0.392. The molecule has 1 aromatic carbocycles. The van der Waals surface area contributed by atoms with Gasteiger partial charge in [0.05, 0.1) is 31.0 Å². The first-order valence-electron chi connectivity index (χ1n) is 7.86. The zero-order valence-corrected chi connectivity index (χ0v) is 13.8. The molecule has 1 fully saturated rings. The normalized spacial score (nSPS) is 14.5. The summed E-state index contributed by atoms with van der Waals surface area (Å²) in [7, 11) is 1.54. The number of hydrogen-bond acceptors (Lipinski definition) is 8. The predicted molar refractivity (Wildman–Crippen MR) is 92.0 cm³/mol. The number of ether oxygens (including phenoxy) is 1. The highest BCUT2D eigenvalue weighted by molar-refractivity contribution is 5.65. The van der Waals surface area contributed by atoms with Crippen molar-refractivity contribution in [3.05, 3.63) is 46.3 Å². The average molecular weight is 345 g/mol. The van der Waals surface area contributed by atoms with Gasteiger partial charge in [0.15, 0.2) is 5.82 Å². The van der Waals surface area contributed by atoms with E-state index in [1.807, 2.05) is 4.90 Å². The van der Waals surface area contributed by atoms with Gasteiger partial charge >= 0.3 is 0 Å². The molecule has 1 aliphatic rings. The van der Waals surface area contributed by atoms with E-state index in [2.05, 4.69) is 14.9 Å². The van der Waals surface area contributed by atoms with Crippen molar-refractivity contribution in [3.63, 3.8) is 0 Å². The van der Waals surface area contributed by atoms with Crippen LogP contribution in [0.4, 0.5) is 17.2 Å². The number of aliphatic hydroxyl groups excluding tert-OH is 1. The van der Waals surface area contributed by atoms with Gasteiger partial charge in [0.1, 0.15) is 5.69 Å². The number of benzene rings is 1. The van der Waals surface area contributed by atoms with Gasteiger partial charge in [-0.3, -0.25) is 15.1 Å². The molecule has 0 atom stereocenters. The third kappa shape index (κ3) is 3.61. The molecule has 0 amide bonds. The van der Waals surface area contributed by atoms with Crippen LogP contribution in [0.25, 0.3) is 0 Å². The highest BCUT2D eigenvalue weighted by Gasteiger charge is 2.24. The van der Waals surface area contributed by atoms with Crippen LogP contribution < -0.4 is 14.5 Å². The molecule has 1 aromatic heterocycles. The lowest BCUT2D eigenvalue weighted by atomic mass is 10.1. The number of piperazine rings is 1. The monoisotopic (exact) mass is 345 g/mol. The van der Waals surface area contributed by atoms with Crippen LogP contribution in [-0.4, -0.2) is 53.3 Å². The molecule has 25 heavy (non-hydrogen) atoms. The van der Waals surface area contributed by atoms with Gasteiger partial charge in [-0.15, -0.1) is 0 Å². The molecule has 1 aliphatic heterocycles. The fourth-order valence-electron chi connectivity index (χ4n) is 2.84. The molecule has 0 spiro atoms. The van der Waals surface area contributed by atoms with Crippen molar-refractivity contribution in [3.8, 4) is 5.88 Å². The summed E-state index contributed by atoms with van der Waals surface area (Å²) >= 11 is 0. The van der Waals surface area contributed by atoms with Crippen LogP contribution in [0.5, 0.6) is 5.88 Å². The van der Waals surface area contributed by atoms with E-state index < -0.39 is 4.92 Å². The quantitative estimate of drug-likeness (QED) is 0.637. The summed E-state index contributed by atoms with van der Waals surface area (Å²) < 4.78 is 5.09.